The van der Waals surface area contributed by atoms with Crippen molar-refractivity contribution in [2.75, 3.05) is 0 Å². The molecule has 0 saturated heterocycles. The van der Waals surface area contributed by atoms with Crippen LogP contribution >= 0.6 is 0 Å². The number of carbonyl (C=O) groups excluding carboxylic acids is 1. The van der Waals surface area contributed by atoms with Crippen molar-refractivity contribution < 1.29 is 4.79 Å². The molecule has 4 rings (SSSR count). The zero-order valence-electron chi connectivity index (χ0n) is 18.4. The van der Waals surface area contributed by atoms with E-state index in [4.69, 9.17) is 5.41 Å². The molecule has 2 N–H and O–H groups in total. The summed E-state index contributed by atoms with van der Waals surface area (Å²) in [6, 6.07) is 14.8. The van der Waals surface area contributed by atoms with Gasteiger partial charge in [0.05, 0.1) is 10.9 Å². The van der Waals surface area contributed by atoms with Gasteiger partial charge in [0.25, 0.3) is 11.5 Å². The summed E-state index contributed by atoms with van der Waals surface area (Å²) >= 11 is 0. The number of aryl methyl sites for hydroxylation is 2. The van der Waals surface area contributed by atoms with Crippen molar-refractivity contribution in [3.8, 4) is 0 Å². The molecule has 4 aromatic rings. The summed E-state index contributed by atoms with van der Waals surface area (Å²) in [6.45, 7) is 4.99. The number of aromatic nitrogens is 3. The molecule has 0 bridgehead atoms. The number of amides is 1. The fraction of sp³-hybridized carbons (Fsp3) is 0.280. The van der Waals surface area contributed by atoms with E-state index in [1.807, 2.05) is 37.3 Å². The molecule has 0 fully saturated rings. The number of benzene rings is 1. The molecule has 3 aromatic heterocycles. The molecule has 0 atom stereocenters. The molecule has 7 nitrogen and oxygen atoms in total. The molecule has 1 aromatic carbocycles. The van der Waals surface area contributed by atoms with Crippen LogP contribution in [-0.4, -0.2) is 19.9 Å². The Hall–Kier alpha value is -3.74. The van der Waals surface area contributed by atoms with Crippen LogP contribution in [0.25, 0.3) is 16.7 Å². The fourth-order valence-electron chi connectivity index (χ4n) is 3.78. The first-order chi connectivity index (χ1) is 15.5. The maximum Gasteiger partial charge on any atom is 0.267 e. The Morgan fingerprint density at radius 3 is 2.66 bits per heavy atom. The van der Waals surface area contributed by atoms with Crippen molar-refractivity contribution in [1.29, 1.82) is 5.41 Å². The zero-order valence-corrected chi connectivity index (χ0v) is 18.4. The lowest BCUT2D eigenvalue weighted by atomic mass is 10.1. The number of fused-ring (bicyclic) bond motifs is 2. The van der Waals surface area contributed by atoms with E-state index in [1.54, 1.807) is 22.9 Å². The van der Waals surface area contributed by atoms with Gasteiger partial charge in [0.15, 0.2) is 0 Å². The number of carbonyl (C=O) groups is 1. The Kier molecular flexibility index (Phi) is 6.16. The fourth-order valence-corrected chi connectivity index (χ4v) is 3.78. The first kappa shape index (κ1) is 21.5. The maximum atomic E-state index is 13.2. The Bertz CT molecular complexity index is 1400. The molecule has 164 valence electrons. The van der Waals surface area contributed by atoms with Crippen LogP contribution in [0.3, 0.4) is 0 Å². The SMILES string of the molecule is CCCCCn1c(=N)c(C(=O)NCc2ccc(C)cc2)cc2c(=O)n3ccccc3nc21. The second-order valence-electron chi connectivity index (χ2n) is 8.02. The van der Waals surface area contributed by atoms with Gasteiger partial charge >= 0.3 is 0 Å². The predicted octanol–water partition coefficient (Wildman–Crippen LogP) is 3.56. The van der Waals surface area contributed by atoms with Crippen LogP contribution in [0.4, 0.5) is 0 Å². The van der Waals surface area contributed by atoms with Crippen molar-refractivity contribution in [2.45, 2.75) is 46.2 Å². The van der Waals surface area contributed by atoms with Gasteiger partial charge < -0.3 is 9.88 Å². The van der Waals surface area contributed by atoms with E-state index in [-0.39, 0.29) is 22.5 Å². The van der Waals surface area contributed by atoms with Crippen LogP contribution in [0.2, 0.25) is 0 Å². The van der Waals surface area contributed by atoms with E-state index in [1.165, 1.54) is 10.5 Å². The highest BCUT2D eigenvalue weighted by Crippen LogP contribution is 2.12. The van der Waals surface area contributed by atoms with Crippen molar-refractivity contribution in [2.24, 2.45) is 0 Å². The summed E-state index contributed by atoms with van der Waals surface area (Å²) in [7, 11) is 0. The molecular formula is C25H27N5O2. The third-order valence-electron chi connectivity index (χ3n) is 5.62. The normalized spacial score (nSPS) is 11.2. The van der Waals surface area contributed by atoms with Crippen molar-refractivity contribution in [1.82, 2.24) is 19.3 Å². The number of nitrogens with one attached hydrogen (secondary N) is 2. The Morgan fingerprint density at radius 1 is 1.12 bits per heavy atom. The van der Waals surface area contributed by atoms with Gasteiger partial charge in [-0.2, -0.15) is 0 Å². The van der Waals surface area contributed by atoms with Crippen LogP contribution in [-0.2, 0) is 13.1 Å². The molecule has 0 unspecified atom stereocenters. The number of nitrogens with zero attached hydrogens (tertiary/aromatic N) is 3. The van der Waals surface area contributed by atoms with Crippen LogP contribution in [0.15, 0.2) is 59.5 Å². The average molecular weight is 430 g/mol. The second-order valence-corrected chi connectivity index (χ2v) is 8.02. The van der Waals surface area contributed by atoms with Gasteiger partial charge in [-0.05, 0) is 37.1 Å². The van der Waals surface area contributed by atoms with Crippen molar-refractivity contribution in [3.63, 3.8) is 0 Å². The quantitative estimate of drug-likeness (QED) is 0.348. The van der Waals surface area contributed by atoms with Gasteiger partial charge in [0, 0.05) is 19.3 Å². The highest BCUT2D eigenvalue weighted by Gasteiger charge is 2.17. The summed E-state index contributed by atoms with van der Waals surface area (Å²) in [6.07, 6.45) is 4.52. The Labute approximate surface area is 185 Å². The molecule has 0 aliphatic heterocycles. The van der Waals surface area contributed by atoms with Gasteiger partial charge in [-0.25, -0.2) is 4.98 Å². The van der Waals surface area contributed by atoms with Gasteiger partial charge in [-0.1, -0.05) is 55.7 Å². The lowest BCUT2D eigenvalue weighted by Crippen LogP contribution is -2.34. The van der Waals surface area contributed by atoms with Gasteiger partial charge in [0.1, 0.15) is 16.8 Å². The molecule has 0 saturated carbocycles. The van der Waals surface area contributed by atoms with Gasteiger partial charge in [-0.15, -0.1) is 0 Å². The molecule has 32 heavy (non-hydrogen) atoms. The molecular weight excluding hydrogens is 402 g/mol. The topological polar surface area (TPSA) is 92.2 Å². The molecule has 0 spiro atoms. The van der Waals surface area contributed by atoms with Crippen LogP contribution in [0.5, 0.6) is 0 Å². The van der Waals surface area contributed by atoms with E-state index in [9.17, 15) is 9.59 Å². The standard InChI is InChI=1S/C25H27N5O2/c1-3-4-6-14-30-22(26)19(24(31)27-16-18-11-9-17(2)10-12-18)15-20-23(30)28-21-8-5-7-13-29(21)25(20)32/h5,7-13,15,26H,3-4,6,14,16H2,1-2H3,(H,27,31). The summed E-state index contributed by atoms with van der Waals surface area (Å²) in [5.74, 6) is -0.376. The van der Waals surface area contributed by atoms with E-state index < -0.39 is 0 Å². The largest absolute Gasteiger partial charge is 0.348 e. The van der Waals surface area contributed by atoms with E-state index in [0.717, 1.165) is 30.4 Å². The number of hydrogen-bond donors (Lipinski definition) is 2. The average Bonchev–Trinajstić information content (AvgIpc) is 2.80. The number of pyridine rings is 2. The molecule has 0 radical (unpaired) electrons. The Morgan fingerprint density at radius 2 is 1.91 bits per heavy atom. The highest BCUT2D eigenvalue weighted by molar-refractivity contribution is 5.96. The maximum absolute atomic E-state index is 13.2. The minimum Gasteiger partial charge on any atom is -0.348 e. The van der Waals surface area contributed by atoms with Gasteiger partial charge in [0.2, 0.25) is 0 Å². The second kappa shape index (κ2) is 9.18. The molecule has 7 heteroatoms. The minimum atomic E-state index is -0.376. The van der Waals surface area contributed by atoms with Crippen LogP contribution in [0.1, 0.15) is 47.7 Å². The monoisotopic (exact) mass is 429 g/mol. The predicted molar refractivity (Wildman–Crippen MR) is 125 cm³/mol. The summed E-state index contributed by atoms with van der Waals surface area (Å²) in [5, 5.41) is 12.0. The van der Waals surface area contributed by atoms with Crippen molar-refractivity contribution >= 4 is 22.6 Å². The highest BCUT2D eigenvalue weighted by atomic mass is 16.1. The van der Waals surface area contributed by atoms with E-state index in [2.05, 4.69) is 17.2 Å². The first-order valence-corrected chi connectivity index (χ1v) is 10.9. The minimum absolute atomic E-state index is 0.0715. The van der Waals surface area contributed by atoms with Crippen LogP contribution < -0.4 is 16.4 Å². The summed E-state index contributed by atoms with van der Waals surface area (Å²) < 4.78 is 3.16. The molecule has 1 amide bonds. The molecule has 3 heterocycles. The third-order valence-corrected chi connectivity index (χ3v) is 5.62. The zero-order chi connectivity index (χ0) is 22.7. The number of rotatable bonds is 7. The van der Waals surface area contributed by atoms with E-state index >= 15 is 0 Å². The lowest BCUT2D eigenvalue weighted by Gasteiger charge is -2.15. The third kappa shape index (κ3) is 4.19. The Balaban J connectivity index is 1.80. The molecule has 0 aliphatic carbocycles. The first-order valence-electron chi connectivity index (χ1n) is 10.9. The number of hydrogen-bond acceptors (Lipinski definition) is 4. The lowest BCUT2D eigenvalue weighted by molar-refractivity contribution is 0.0948. The van der Waals surface area contributed by atoms with E-state index in [0.29, 0.717) is 29.8 Å². The van der Waals surface area contributed by atoms with Gasteiger partial charge in [-0.3, -0.25) is 19.4 Å². The van der Waals surface area contributed by atoms with Crippen molar-refractivity contribution in [3.05, 3.63) is 87.3 Å². The van der Waals surface area contributed by atoms with Crippen LogP contribution in [0, 0.1) is 12.3 Å². The molecule has 0 aliphatic rings. The summed E-state index contributed by atoms with van der Waals surface area (Å²) in [5.41, 5.74) is 3.08. The smallest absolute Gasteiger partial charge is 0.267 e. The summed E-state index contributed by atoms with van der Waals surface area (Å²) in [4.78, 5) is 30.9. The number of unbranched alkanes of at least 4 members (excludes halogenated alkanes) is 2.